The summed E-state index contributed by atoms with van der Waals surface area (Å²) in [5, 5.41) is 10.7. The maximum Gasteiger partial charge on any atom is 0.407 e. The molecule has 1 aromatic carbocycles. The Balaban J connectivity index is 1.28. The summed E-state index contributed by atoms with van der Waals surface area (Å²) in [5.41, 5.74) is 9.61. The maximum absolute atomic E-state index is 15.0. The number of nitrogens with zero attached hydrogens (tertiary/aromatic N) is 4. The van der Waals surface area contributed by atoms with Gasteiger partial charge in [-0.25, -0.2) is 18.6 Å². The smallest absolute Gasteiger partial charge is 0.407 e. The number of fused-ring (bicyclic) bond motifs is 1. The third-order valence-electron chi connectivity index (χ3n) is 8.05. The molecule has 3 aromatic heterocycles. The second-order valence-corrected chi connectivity index (χ2v) is 10.8. The second kappa shape index (κ2) is 10.5. The van der Waals surface area contributed by atoms with Crippen LogP contribution in [0.15, 0.2) is 48.9 Å². The zero-order valence-electron chi connectivity index (χ0n) is 22.3. The quantitative estimate of drug-likeness (QED) is 0.301. The minimum atomic E-state index is -0.624. The predicted octanol–water partition coefficient (Wildman–Crippen LogP) is 5.26. The van der Waals surface area contributed by atoms with Crippen LogP contribution >= 0.6 is 0 Å². The fourth-order valence-electron chi connectivity index (χ4n) is 5.86. The lowest BCUT2D eigenvalue weighted by Gasteiger charge is -2.39. The average molecular weight is 548 g/mol. The van der Waals surface area contributed by atoms with E-state index in [1.165, 1.54) is 23.8 Å². The second-order valence-electron chi connectivity index (χ2n) is 10.8. The molecule has 2 fully saturated rings. The number of hydrogen-bond donors (Lipinski definition) is 3. The fourth-order valence-corrected chi connectivity index (χ4v) is 5.86. The van der Waals surface area contributed by atoms with Gasteiger partial charge in [0.15, 0.2) is 0 Å². The first-order valence-corrected chi connectivity index (χ1v) is 13.5. The predicted molar refractivity (Wildman–Crippen MR) is 146 cm³/mol. The van der Waals surface area contributed by atoms with E-state index in [2.05, 4.69) is 32.6 Å². The van der Waals surface area contributed by atoms with E-state index in [0.717, 1.165) is 30.5 Å². The number of carbonyl (C=O) groups excluding carboxylic acids is 1. The third-order valence-corrected chi connectivity index (χ3v) is 8.05. The van der Waals surface area contributed by atoms with E-state index in [9.17, 15) is 4.79 Å². The Morgan fingerprint density at radius 1 is 1.10 bits per heavy atom. The van der Waals surface area contributed by atoms with Crippen LogP contribution in [-0.2, 0) is 4.74 Å². The number of methoxy groups -OCH3 is 1. The standard InChI is InChI=1S/C29H31F2N7O2/c1-15-9-18(12-23(32)27(15)36-29(39)40-2)20-7-8-33-14-25(20)35-28-34-13-19-5-6-24(37-38(19)28)26-21(30)10-17(11-22(26)31)16-3-4-16/h5-8,10-11,13-16,18,23,27H,3-4,9,12,32H2,1-2H3,(H,34,35)(H,36,39)/t15-,18+,23+,27-/m0/s1. The molecule has 0 spiro atoms. The van der Waals surface area contributed by atoms with Crippen LogP contribution in [0.5, 0.6) is 0 Å². The molecule has 2 aliphatic carbocycles. The number of carbonyl (C=O) groups is 1. The Labute approximate surface area is 230 Å². The summed E-state index contributed by atoms with van der Waals surface area (Å²) in [6, 6.07) is 7.64. The molecule has 0 saturated heterocycles. The molecule has 2 saturated carbocycles. The van der Waals surface area contributed by atoms with Gasteiger partial charge < -0.3 is 21.1 Å². The molecule has 40 heavy (non-hydrogen) atoms. The van der Waals surface area contributed by atoms with E-state index >= 15 is 8.78 Å². The van der Waals surface area contributed by atoms with E-state index in [4.69, 9.17) is 10.5 Å². The first-order chi connectivity index (χ1) is 19.3. The summed E-state index contributed by atoms with van der Waals surface area (Å²) >= 11 is 0. The van der Waals surface area contributed by atoms with Gasteiger partial charge in [0, 0.05) is 18.3 Å². The lowest BCUT2D eigenvalue weighted by Crippen LogP contribution is -2.54. The van der Waals surface area contributed by atoms with Gasteiger partial charge in [-0.2, -0.15) is 9.61 Å². The first-order valence-electron chi connectivity index (χ1n) is 13.5. The largest absolute Gasteiger partial charge is 0.453 e. The highest BCUT2D eigenvalue weighted by molar-refractivity contribution is 5.68. The SMILES string of the molecule is COC(=O)N[C@@H]1[C@H](N)C[C@H](c2ccncc2Nc2ncc3ccc(-c4c(F)cc(C5CC5)cc4F)nn23)C[C@@H]1C. The monoisotopic (exact) mass is 547 g/mol. The lowest BCUT2D eigenvalue weighted by molar-refractivity contribution is 0.149. The Morgan fingerprint density at radius 3 is 2.58 bits per heavy atom. The normalized spacial score (nSPS) is 22.7. The van der Waals surface area contributed by atoms with Gasteiger partial charge in [-0.15, -0.1) is 0 Å². The number of nitrogens with one attached hydrogen (secondary N) is 2. The summed E-state index contributed by atoms with van der Waals surface area (Å²) in [7, 11) is 1.33. The minimum Gasteiger partial charge on any atom is -0.453 e. The summed E-state index contributed by atoms with van der Waals surface area (Å²) in [6.07, 6.45) is 7.95. The van der Waals surface area contributed by atoms with Crippen LogP contribution in [-0.4, -0.2) is 44.9 Å². The molecule has 0 bridgehead atoms. The van der Waals surface area contributed by atoms with Gasteiger partial charge in [0.05, 0.1) is 42.0 Å². The number of rotatable bonds is 6. The van der Waals surface area contributed by atoms with Gasteiger partial charge in [0.25, 0.3) is 0 Å². The number of ether oxygens (including phenoxy) is 1. The van der Waals surface area contributed by atoms with Crippen molar-refractivity contribution < 1.29 is 18.3 Å². The van der Waals surface area contributed by atoms with Crippen molar-refractivity contribution >= 4 is 23.2 Å². The molecule has 0 aliphatic heterocycles. The van der Waals surface area contributed by atoms with Crippen molar-refractivity contribution in [2.45, 2.75) is 56.5 Å². The molecular weight excluding hydrogens is 516 g/mol. The topological polar surface area (TPSA) is 119 Å². The molecule has 4 aromatic rings. The minimum absolute atomic E-state index is 0.106. The Hall–Kier alpha value is -4.12. The number of alkyl carbamates (subject to hydrolysis) is 1. The van der Waals surface area contributed by atoms with E-state index in [1.54, 1.807) is 30.7 Å². The van der Waals surface area contributed by atoms with Crippen LogP contribution in [0, 0.1) is 17.6 Å². The Morgan fingerprint density at radius 2 is 1.88 bits per heavy atom. The number of aromatic nitrogens is 4. The van der Waals surface area contributed by atoms with Crippen molar-refractivity contribution in [3.05, 3.63) is 71.7 Å². The van der Waals surface area contributed by atoms with Gasteiger partial charge in [0.1, 0.15) is 11.6 Å². The zero-order valence-corrected chi connectivity index (χ0v) is 22.3. The van der Waals surface area contributed by atoms with Crippen molar-refractivity contribution in [1.29, 1.82) is 0 Å². The molecular formula is C29H31F2N7O2. The molecule has 2 aliphatic rings. The highest BCUT2D eigenvalue weighted by Gasteiger charge is 2.36. The molecule has 1 amide bonds. The Bertz CT molecular complexity index is 1540. The van der Waals surface area contributed by atoms with Crippen molar-refractivity contribution in [1.82, 2.24) is 24.9 Å². The molecule has 3 heterocycles. The van der Waals surface area contributed by atoms with E-state index in [-0.39, 0.29) is 41.1 Å². The molecule has 11 heteroatoms. The zero-order chi connectivity index (χ0) is 28.0. The van der Waals surface area contributed by atoms with Crippen LogP contribution in [0.3, 0.4) is 0 Å². The van der Waals surface area contributed by atoms with Crippen LogP contribution < -0.4 is 16.4 Å². The average Bonchev–Trinajstić information content (AvgIpc) is 3.72. The van der Waals surface area contributed by atoms with Gasteiger partial charge in [-0.1, -0.05) is 6.92 Å². The molecule has 0 radical (unpaired) electrons. The molecule has 6 rings (SSSR count). The van der Waals surface area contributed by atoms with E-state index < -0.39 is 17.7 Å². The summed E-state index contributed by atoms with van der Waals surface area (Å²) < 4.78 is 36.4. The van der Waals surface area contributed by atoms with Crippen molar-refractivity contribution in [3.8, 4) is 11.3 Å². The number of pyridine rings is 1. The summed E-state index contributed by atoms with van der Waals surface area (Å²) in [4.78, 5) is 20.6. The van der Waals surface area contributed by atoms with Gasteiger partial charge >= 0.3 is 6.09 Å². The number of benzene rings is 1. The Kier molecular flexibility index (Phi) is 6.83. The number of imidazole rings is 1. The van der Waals surface area contributed by atoms with Gasteiger partial charge in [0.2, 0.25) is 5.95 Å². The van der Waals surface area contributed by atoms with Crippen LogP contribution in [0.2, 0.25) is 0 Å². The number of halogens is 2. The molecule has 208 valence electrons. The maximum atomic E-state index is 15.0. The number of hydrogen-bond acceptors (Lipinski definition) is 7. The fraction of sp³-hybridized carbons (Fsp3) is 0.379. The molecule has 4 atom stereocenters. The molecule has 4 N–H and O–H groups in total. The van der Waals surface area contributed by atoms with E-state index in [1.807, 2.05) is 6.07 Å². The van der Waals surface area contributed by atoms with Crippen LogP contribution in [0.25, 0.3) is 16.8 Å². The number of amides is 1. The van der Waals surface area contributed by atoms with Gasteiger partial charge in [-0.3, -0.25) is 4.98 Å². The lowest BCUT2D eigenvalue weighted by atomic mass is 9.73. The number of anilines is 2. The van der Waals surface area contributed by atoms with Crippen LogP contribution in [0.1, 0.15) is 55.6 Å². The van der Waals surface area contributed by atoms with Crippen molar-refractivity contribution in [2.75, 3.05) is 12.4 Å². The third kappa shape index (κ3) is 4.97. The van der Waals surface area contributed by atoms with Crippen molar-refractivity contribution in [2.24, 2.45) is 11.7 Å². The summed E-state index contributed by atoms with van der Waals surface area (Å²) in [5.74, 6) is -0.403. The highest BCUT2D eigenvalue weighted by atomic mass is 19.1. The molecule has 9 nitrogen and oxygen atoms in total. The van der Waals surface area contributed by atoms with Crippen LogP contribution in [0.4, 0.5) is 25.2 Å². The number of nitrogens with two attached hydrogens (primary N) is 1. The summed E-state index contributed by atoms with van der Waals surface area (Å²) in [6.45, 7) is 2.06. The molecule has 0 unspecified atom stereocenters. The van der Waals surface area contributed by atoms with E-state index in [0.29, 0.717) is 23.4 Å². The first kappa shape index (κ1) is 26.1. The highest BCUT2D eigenvalue weighted by Crippen LogP contribution is 2.42. The van der Waals surface area contributed by atoms with Crippen molar-refractivity contribution in [3.63, 3.8) is 0 Å². The van der Waals surface area contributed by atoms with Gasteiger partial charge in [-0.05, 0) is 84.9 Å².